The maximum atomic E-state index is 6.41. The van der Waals surface area contributed by atoms with Gasteiger partial charge >= 0.3 is 0 Å². The molecule has 106 valence electrons. The number of ether oxygens (including phenoxy) is 1. The molecule has 0 atom stereocenters. The van der Waals surface area contributed by atoms with Crippen molar-refractivity contribution in [3.05, 3.63) is 34.8 Å². The molecule has 0 aromatic carbocycles. The molecule has 1 aromatic rings. The topological polar surface area (TPSA) is 25.1 Å². The van der Waals surface area contributed by atoms with Crippen LogP contribution in [0.4, 0.5) is 0 Å². The van der Waals surface area contributed by atoms with Crippen molar-refractivity contribution in [3.8, 4) is 0 Å². The Bertz CT molecular complexity index is 565. The Labute approximate surface area is 121 Å². The molecule has 1 heterocycles. The highest BCUT2D eigenvalue weighted by Crippen LogP contribution is 2.14. The van der Waals surface area contributed by atoms with Crippen molar-refractivity contribution in [2.24, 2.45) is 0 Å². The van der Waals surface area contributed by atoms with E-state index in [1.807, 2.05) is 42.9 Å². The number of rotatable bonds is 6. The first kappa shape index (κ1) is 16.1. The summed E-state index contributed by atoms with van der Waals surface area (Å²) in [7, 11) is -1.26. The second-order valence-electron chi connectivity index (χ2n) is 4.48. The van der Waals surface area contributed by atoms with E-state index >= 15 is 0 Å². The highest BCUT2D eigenvalue weighted by molar-refractivity contribution is 8.25. The number of hydrogen-bond acceptors (Lipinski definition) is 2. The zero-order valence-electron chi connectivity index (χ0n) is 11.8. The third-order valence-electron chi connectivity index (χ3n) is 2.49. The number of halogens is 1. The van der Waals surface area contributed by atoms with Gasteiger partial charge in [0.15, 0.2) is 5.69 Å². The van der Waals surface area contributed by atoms with Crippen LogP contribution in [0.15, 0.2) is 18.4 Å². The molecule has 0 radical (unpaired) electrons. The fraction of sp³-hybridized carbons (Fsp3) is 0.357. The van der Waals surface area contributed by atoms with Crippen molar-refractivity contribution >= 4 is 38.8 Å². The van der Waals surface area contributed by atoms with Crippen molar-refractivity contribution in [1.29, 1.82) is 0 Å². The van der Waals surface area contributed by atoms with Gasteiger partial charge in [0.05, 0.1) is 18.4 Å². The summed E-state index contributed by atoms with van der Waals surface area (Å²) >= 11 is 6.41. The zero-order chi connectivity index (χ0) is 14.5. The second kappa shape index (κ2) is 6.98. The summed E-state index contributed by atoms with van der Waals surface area (Å²) < 4.78 is 10.5. The van der Waals surface area contributed by atoms with E-state index in [-0.39, 0.29) is 0 Å². The molecule has 0 aliphatic rings. The van der Waals surface area contributed by atoms with Crippen LogP contribution < -0.4 is 9.29 Å². The standard InChI is InChI=1S/C14H22ClN2OS/c1-6-18-10-9-13-8-7-12(2)17(14(13)15)11-16-19(3,4)5/h7-10,16H,3-4,6,11H2,1-2,5H3/q+1. The number of pyridine rings is 1. The molecule has 0 saturated carbocycles. The van der Waals surface area contributed by atoms with E-state index in [2.05, 4.69) is 16.5 Å². The van der Waals surface area contributed by atoms with Gasteiger partial charge in [0.25, 0.3) is 5.15 Å². The Morgan fingerprint density at radius 1 is 1.47 bits per heavy atom. The van der Waals surface area contributed by atoms with Gasteiger partial charge in [-0.15, -0.1) is 0 Å². The van der Waals surface area contributed by atoms with E-state index in [9.17, 15) is 0 Å². The van der Waals surface area contributed by atoms with Gasteiger partial charge in [0.2, 0.25) is 6.67 Å². The van der Waals surface area contributed by atoms with Gasteiger partial charge in [-0.05, 0) is 36.9 Å². The number of aromatic nitrogens is 1. The maximum absolute atomic E-state index is 6.41. The Morgan fingerprint density at radius 3 is 2.74 bits per heavy atom. The summed E-state index contributed by atoms with van der Waals surface area (Å²) in [5.74, 6) is 8.00. The summed E-state index contributed by atoms with van der Waals surface area (Å²) in [6.45, 7) is 5.20. The molecule has 0 bridgehead atoms. The Hall–Kier alpha value is -0.970. The third kappa shape index (κ3) is 5.27. The van der Waals surface area contributed by atoms with Gasteiger partial charge in [0, 0.05) is 13.0 Å². The fourth-order valence-electron chi connectivity index (χ4n) is 1.44. The first-order valence-electron chi connectivity index (χ1n) is 6.01. The fourth-order valence-corrected chi connectivity index (χ4v) is 2.20. The molecule has 0 amide bonds. The second-order valence-corrected chi connectivity index (χ2v) is 7.68. The highest BCUT2D eigenvalue weighted by Gasteiger charge is 2.15. The number of nitrogens with one attached hydrogen (secondary N) is 1. The van der Waals surface area contributed by atoms with E-state index in [1.165, 1.54) is 0 Å². The normalized spacial score (nSPS) is 12.0. The van der Waals surface area contributed by atoms with Crippen molar-refractivity contribution in [2.45, 2.75) is 20.5 Å². The minimum Gasteiger partial charge on any atom is -0.501 e. The van der Waals surface area contributed by atoms with Gasteiger partial charge in [0.1, 0.15) is 0 Å². The molecular weight excluding hydrogens is 280 g/mol. The Balaban J connectivity index is 3.00. The quantitative estimate of drug-likeness (QED) is 0.378. The molecule has 1 N–H and O–H groups in total. The lowest BCUT2D eigenvalue weighted by atomic mass is 10.2. The summed E-state index contributed by atoms with van der Waals surface area (Å²) in [6, 6.07) is 4.00. The minimum atomic E-state index is -1.26. The zero-order valence-corrected chi connectivity index (χ0v) is 13.4. The molecule has 0 fully saturated rings. The predicted molar refractivity (Wildman–Crippen MR) is 87.9 cm³/mol. The average molecular weight is 302 g/mol. The summed E-state index contributed by atoms with van der Waals surface area (Å²) in [6.07, 6.45) is 5.52. The van der Waals surface area contributed by atoms with Gasteiger partial charge in [-0.3, -0.25) is 0 Å². The van der Waals surface area contributed by atoms with Crippen molar-refractivity contribution in [2.75, 3.05) is 12.9 Å². The first-order valence-corrected chi connectivity index (χ1v) is 8.77. The lowest BCUT2D eigenvalue weighted by molar-refractivity contribution is -0.702. The summed E-state index contributed by atoms with van der Waals surface area (Å²) in [5.41, 5.74) is 2.00. The van der Waals surface area contributed by atoms with Crippen LogP contribution in [-0.4, -0.2) is 24.6 Å². The van der Waals surface area contributed by atoms with Gasteiger partial charge in [-0.2, -0.15) is 14.0 Å². The van der Waals surface area contributed by atoms with Crippen LogP contribution in [0.2, 0.25) is 5.15 Å². The molecule has 19 heavy (non-hydrogen) atoms. The molecular formula is C14H22ClN2OS+. The molecule has 0 spiro atoms. The van der Waals surface area contributed by atoms with Gasteiger partial charge < -0.3 is 4.74 Å². The van der Waals surface area contributed by atoms with Crippen molar-refractivity contribution < 1.29 is 9.30 Å². The maximum Gasteiger partial charge on any atom is 0.283 e. The highest BCUT2D eigenvalue weighted by atomic mass is 35.5. The third-order valence-corrected chi connectivity index (χ3v) is 3.73. The van der Waals surface area contributed by atoms with Crippen LogP contribution in [0.3, 0.4) is 0 Å². The molecule has 3 nitrogen and oxygen atoms in total. The lowest BCUT2D eigenvalue weighted by Crippen LogP contribution is -2.44. The van der Waals surface area contributed by atoms with Gasteiger partial charge in [-0.1, -0.05) is 11.7 Å². The van der Waals surface area contributed by atoms with Crippen LogP contribution in [0.1, 0.15) is 18.2 Å². The molecule has 0 saturated heterocycles. The summed E-state index contributed by atoms with van der Waals surface area (Å²) in [4.78, 5) is 0. The van der Waals surface area contributed by atoms with Crippen molar-refractivity contribution in [1.82, 2.24) is 4.72 Å². The monoisotopic (exact) mass is 301 g/mol. The van der Waals surface area contributed by atoms with E-state index in [0.717, 1.165) is 11.3 Å². The van der Waals surface area contributed by atoms with Crippen molar-refractivity contribution in [3.63, 3.8) is 0 Å². The Morgan fingerprint density at radius 2 is 2.16 bits per heavy atom. The van der Waals surface area contributed by atoms with E-state index in [0.29, 0.717) is 18.4 Å². The first-order chi connectivity index (χ1) is 8.85. The molecule has 1 aromatic heterocycles. The largest absolute Gasteiger partial charge is 0.501 e. The minimum absolute atomic E-state index is 0.597. The van der Waals surface area contributed by atoms with E-state index in [1.54, 1.807) is 6.26 Å². The molecule has 5 heteroatoms. The number of nitrogens with zero attached hydrogens (tertiary/aromatic N) is 1. The smallest absolute Gasteiger partial charge is 0.283 e. The number of aryl methyl sites for hydroxylation is 1. The van der Waals surface area contributed by atoms with Crippen LogP contribution in [-0.2, 0) is 11.4 Å². The molecule has 0 aliphatic carbocycles. The lowest BCUT2D eigenvalue weighted by Gasteiger charge is -2.10. The SMILES string of the molecule is C=S(=C)(C)NC[n+]1c(C)ccc(C=COCC)c1Cl. The summed E-state index contributed by atoms with van der Waals surface area (Å²) in [5, 5.41) is 0.673. The average Bonchev–Trinajstić information content (AvgIpc) is 2.30. The van der Waals surface area contributed by atoms with Crippen LogP contribution in [0.25, 0.3) is 6.08 Å². The van der Waals surface area contributed by atoms with Crippen LogP contribution >= 0.6 is 21.0 Å². The van der Waals surface area contributed by atoms with E-state index < -0.39 is 9.39 Å². The van der Waals surface area contributed by atoms with Crippen LogP contribution in [0.5, 0.6) is 0 Å². The van der Waals surface area contributed by atoms with Gasteiger partial charge in [-0.25, -0.2) is 4.72 Å². The Kier molecular flexibility index (Phi) is 5.91. The van der Waals surface area contributed by atoms with Crippen LogP contribution in [0, 0.1) is 6.92 Å². The molecule has 0 unspecified atom stereocenters. The van der Waals surface area contributed by atoms with E-state index in [4.69, 9.17) is 16.3 Å². The predicted octanol–water partition coefficient (Wildman–Crippen LogP) is 2.70. The molecule has 0 aliphatic heterocycles. The molecule has 1 rings (SSSR count). The number of hydrogen-bond donors (Lipinski definition) is 1.